The van der Waals surface area contributed by atoms with Crippen LogP contribution in [0, 0.1) is 0 Å². The van der Waals surface area contributed by atoms with Crippen LogP contribution in [0.5, 0.6) is 0 Å². The molecule has 4 nitrogen and oxygen atoms in total. The SMILES string of the molecule is COC1=C(N2CCOCC2)C=C(Br)CN1. The second-order valence-electron chi connectivity index (χ2n) is 3.46. The van der Waals surface area contributed by atoms with Gasteiger partial charge in [-0.05, 0) is 6.08 Å². The van der Waals surface area contributed by atoms with Gasteiger partial charge in [0, 0.05) is 24.1 Å². The number of allylic oxidation sites excluding steroid dienone is 1. The lowest BCUT2D eigenvalue weighted by Gasteiger charge is -2.32. The minimum Gasteiger partial charge on any atom is -0.481 e. The van der Waals surface area contributed by atoms with Crippen molar-refractivity contribution in [1.82, 2.24) is 10.2 Å². The normalized spacial score (nSPS) is 22.3. The molecule has 0 aliphatic carbocycles. The van der Waals surface area contributed by atoms with E-state index in [1.165, 1.54) is 0 Å². The van der Waals surface area contributed by atoms with Gasteiger partial charge in [-0.1, -0.05) is 15.9 Å². The van der Waals surface area contributed by atoms with E-state index in [1.807, 2.05) is 0 Å². The van der Waals surface area contributed by atoms with Gasteiger partial charge in [0.25, 0.3) is 0 Å². The molecule has 15 heavy (non-hydrogen) atoms. The lowest BCUT2D eigenvalue weighted by Crippen LogP contribution is -2.38. The Hall–Kier alpha value is -0.680. The summed E-state index contributed by atoms with van der Waals surface area (Å²) in [6, 6.07) is 0. The molecule has 1 saturated heterocycles. The number of methoxy groups -OCH3 is 1. The number of dihydropyridines is 1. The largest absolute Gasteiger partial charge is 0.481 e. The fourth-order valence-electron chi connectivity index (χ4n) is 1.74. The van der Waals surface area contributed by atoms with E-state index in [1.54, 1.807) is 7.11 Å². The summed E-state index contributed by atoms with van der Waals surface area (Å²) in [6.07, 6.45) is 2.11. The molecule has 0 amide bonds. The first-order valence-corrected chi connectivity index (χ1v) is 5.81. The maximum atomic E-state index is 5.33. The Morgan fingerprint density at radius 2 is 2.20 bits per heavy atom. The van der Waals surface area contributed by atoms with E-state index in [0.717, 1.165) is 48.9 Å². The van der Waals surface area contributed by atoms with Crippen molar-refractivity contribution in [3.8, 4) is 0 Å². The molecule has 0 bridgehead atoms. The third-order valence-corrected chi connectivity index (χ3v) is 3.01. The molecule has 0 atom stereocenters. The van der Waals surface area contributed by atoms with Gasteiger partial charge in [-0.3, -0.25) is 0 Å². The van der Waals surface area contributed by atoms with Gasteiger partial charge in [0.15, 0.2) is 0 Å². The molecule has 5 heteroatoms. The second kappa shape index (κ2) is 4.90. The van der Waals surface area contributed by atoms with Crippen molar-refractivity contribution in [2.45, 2.75) is 0 Å². The Kier molecular flexibility index (Phi) is 3.53. The van der Waals surface area contributed by atoms with E-state index in [2.05, 4.69) is 32.2 Å². The van der Waals surface area contributed by atoms with Crippen molar-refractivity contribution < 1.29 is 9.47 Å². The van der Waals surface area contributed by atoms with Crippen molar-refractivity contribution in [2.75, 3.05) is 40.0 Å². The maximum absolute atomic E-state index is 5.33. The van der Waals surface area contributed by atoms with Gasteiger partial charge in [0.2, 0.25) is 5.88 Å². The lowest BCUT2D eigenvalue weighted by atomic mass is 10.2. The molecule has 0 saturated carbocycles. The van der Waals surface area contributed by atoms with Crippen molar-refractivity contribution >= 4 is 15.9 Å². The summed E-state index contributed by atoms with van der Waals surface area (Å²) in [7, 11) is 1.69. The van der Waals surface area contributed by atoms with E-state index < -0.39 is 0 Å². The first-order chi connectivity index (χ1) is 7.31. The zero-order valence-corrected chi connectivity index (χ0v) is 10.3. The van der Waals surface area contributed by atoms with Gasteiger partial charge in [0.1, 0.15) is 0 Å². The Labute approximate surface area is 98.0 Å². The first-order valence-electron chi connectivity index (χ1n) is 5.02. The first kappa shape index (κ1) is 10.8. The topological polar surface area (TPSA) is 33.7 Å². The number of hydrogen-bond donors (Lipinski definition) is 1. The van der Waals surface area contributed by atoms with E-state index in [9.17, 15) is 0 Å². The zero-order chi connectivity index (χ0) is 10.7. The summed E-state index contributed by atoms with van der Waals surface area (Å²) in [6.45, 7) is 4.19. The summed E-state index contributed by atoms with van der Waals surface area (Å²) in [4.78, 5) is 2.27. The van der Waals surface area contributed by atoms with Crippen molar-refractivity contribution in [3.05, 3.63) is 22.1 Å². The molecule has 0 unspecified atom stereocenters. The standard InChI is InChI=1S/C10H15BrN2O2/c1-14-10-9(6-8(11)7-12-10)13-2-4-15-5-3-13/h6,12H,2-5,7H2,1H3. The Balaban J connectivity index is 2.18. The number of morpholine rings is 1. The number of hydrogen-bond acceptors (Lipinski definition) is 4. The summed E-state index contributed by atoms with van der Waals surface area (Å²) in [5.41, 5.74) is 1.11. The molecule has 2 rings (SSSR count). The van der Waals surface area contributed by atoms with Gasteiger partial charge >= 0.3 is 0 Å². The molecular weight excluding hydrogens is 260 g/mol. The predicted molar refractivity (Wildman–Crippen MR) is 61.4 cm³/mol. The summed E-state index contributed by atoms with van der Waals surface area (Å²) >= 11 is 3.50. The maximum Gasteiger partial charge on any atom is 0.211 e. The molecule has 0 aromatic rings. The van der Waals surface area contributed by atoms with Crippen LogP contribution in [-0.2, 0) is 9.47 Å². The Bertz CT molecular complexity index is 296. The van der Waals surface area contributed by atoms with Crippen LogP contribution < -0.4 is 5.32 Å². The minimum atomic E-state index is 0.784. The predicted octanol–water partition coefficient (Wildman–Crippen LogP) is 1.02. The smallest absolute Gasteiger partial charge is 0.211 e. The highest BCUT2D eigenvalue weighted by molar-refractivity contribution is 9.11. The fraction of sp³-hybridized carbons (Fsp3) is 0.600. The number of nitrogens with zero attached hydrogens (tertiary/aromatic N) is 1. The zero-order valence-electron chi connectivity index (χ0n) is 8.75. The summed E-state index contributed by atoms with van der Waals surface area (Å²) < 4.78 is 11.8. The van der Waals surface area contributed by atoms with Gasteiger partial charge in [-0.15, -0.1) is 0 Å². The molecular formula is C10H15BrN2O2. The van der Waals surface area contributed by atoms with Gasteiger partial charge in [0.05, 0.1) is 26.0 Å². The Morgan fingerprint density at radius 1 is 1.47 bits per heavy atom. The fourth-order valence-corrected chi connectivity index (χ4v) is 2.09. The lowest BCUT2D eigenvalue weighted by molar-refractivity contribution is 0.0517. The molecule has 84 valence electrons. The van der Waals surface area contributed by atoms with Crippen molar-refractivity contribution in [1.29, 1.82) is 0 Å². The minimum absolute atomic E-state index is 0.784. The molecule has 0 aromatic carbocycles. The van der Waals surface area contributed by atoms with Crippen LogP contribution >= 0.6 is 15.9 Å². The van der Waals surface area contributed by atoms with Gasteiger partial charge in [-0.25, -0.2) is 0 Å². The van der Waals surface area contributed by atoms with E-state index >= 15 is 0 Å². The average Bonchev–Trinajstić information content (AvgIpc) is 2.30. The van der Waals surface area contributed by atoms with Gasteiger partial charge < -0.3 is 19.7 Å². The van der Waals surface area contributed by atoms with Crippen LogP contribution in [0.4, 0.5) is 0 Å². The molecule has 2 heterocycles. The number of rotatable bonds is 2. The van der Waals surface area contributed by atoms with E-state index in [-0.39, 0.29) is 0 Å². The molecule has 1 fully saturated rings. The highest BCUT2D eigenvalue weighted by atomic mass is 79.9. The van der Waals surface area contributed by atoms with Crippen LogP contribution in [0.1, 0.15) is 0 Å². The average molecular weight is 275 g/mol. The van der Waals surface area contributed by atoms with E-state index in [4.69, 9.17) is 9.47 Å². The molecule has 0 aromatic heterocycles. The van der Waals surface area contributed by atoms with Gasteiger partial charge in [-0.2, -0.15) is 0 Å². The second-order valence-corrected chi connectivity index (χ2v) is 4.48. The number of nitrogens with one attached hydrogen (secondary N) is 1. The highest BCUT2D eigenvalue weighted by Gasteiger charge is 2.20. The van der Waals surface area contributed by atoms with E-state index in [0.29, 0.717) is 0 Å². The molecule has 2 aliphatic heterocycles. The van der Waals surface area contributed by atoms with Crippen LogP contribution in [-0.4, -0.2) is 44.9 Å². The summed E-state index contributed by atoms with van der Waals surface area (Å²) in [5.74, 6) is 0.847. The van der Waals surface area contributed by atoms with Crippen molar-refractivity contribution in [3.63, 3.8) is 0 Å². The molecule has 0 radical (unpaired) electrons. The monoisotopic (exact) mass is 274 g/mol. The van der Waals surface area contributed by atoms with Crippen LogP contribution in [0.3, 0.4) is 0 Å². The Morgan fingerprint density at radius 3 is 2.87 bits per heavy atom. The molecule has 2 aliphatic rings. The molecule has 1 N–H and O–H groups in total. The van der Waals surface area contributed by atoms with Crippen LogP contribution in [0.15, 0.2) is 22.1 Å². The summed E-state index contributed by atoms with van der Waals surface area (Å²) in [5, 5.41) is 3.23. The third kappa shape index (κ3) is 2.46. The molecule has 0 spiro atoms. The van der Waals surface area contributed by atoms with Crippen LogP contribution in [0.2, 0.25) is 0 Å². The number of ether oxygens (including phenoxy) is 2. The third-order valence-electron chi connectivity index (χ3n) is 2.50. The highest BCUT2D eigenvalue weighted by Crippen LogP contribution is 2.21. The van der Waals surface area contributed by atoms with Crippen LogP contribution in [0.25, 0.3) is 0 Å². The number of halogens is 1. The quantitative estimate of drug-likeness (QED) is 0.815. The van der Waals surface area contributed by atoms with Crippen molar-refractivity contribution in [2.24, 2.45) is 0 Å².